The van der Waals surface area contributed by atoms with Crippen molar-refractivity contribution in [1.82, 2.24) is 0 Å². The molecule has 0 heterocycles. The fraction of sp³-hybridized carbons (Fsp3) is 0.667. The molecule has 0 spiro atoms. The zero-order valence-corrected chi connectivity index (χ0v) is 10.3. The van der Waals surface area contributed by atoms with Crippen LogP contribution in [0.2, 0.25) is 0 Å². The Bertz CT molecular complexity index is 132. The third-order valence-electron chi connectivity index (χ3n) is 0.500. The quantitative estimate of drug-likeness (QED) is 0.362. The molecule has 0 saturated carbocycles. The molecule has 0 atom stereocenters. The number of nitrogens with two attached hydrogens (primary N) is 4. The first-order chi connectivity index (χ1) is 6.47. The van der Waals surface area contributed by atoms with Gasteiger partial charge in [0.05, 0.1) is 11.9 Å². The molecule has 0 aliphatic heterocycles. The smallest absolute Gasteiger partial charge is 1.00 e. The number of carbonyl (C=O) groups is 2. The van der Waals surface area contributed by atoms with Crippen LogP contribution in [0.3, 0.4) is 0 Å². The van der Waals surface area contributed by atoms with Gasteiger partial charge in [-0.3, -0.25) is 0 Å². The Morgan fingerprint density at radius 1 is 0.750 bits per heavy atom. The third kappa shape index (κ3) is 69.1. The van der Waals surface area contributed by atoms with Crippen LogP contribution in [0.1, 0.15) is 0 Å². The maximum Gasteiger partial charge on any atom is 3.00 e. The Kier molecular flexibility index (Phi) is 54.2. The van der Waals surface area contributed by atoms with Gasteiger partial charge in [0.1, 0.15) is 0 Å². The molecule has 100 valence electrons. The van der Waals surface area contributed by atoms with Gasteiger partial charge in [-0.2, -0.15) is 0 Å². The van der Waals surface area contributed by atoms with E-state index in [9.17, 15) is 0 Å². The van der Waals surface area contributed by atoms with E-state index in [1.54, 1.807) is 0 Å². The summed E-state index contributed by atoms with van der Waals surface area (Å²) >= 11 is 0. The van der Waals surface area contributed by atoms with Crippen LogP contribution in [0.25, 0.3) is 0 Å². The van der Waals surface area contributed by atoms with Gasteiger partial charge < -0.3 is 55.1 Å². The van der Waals surface area contributed by atoms with Crippen molar-refractivity contribution in [3.63, 3.8) is 0 Å². The summed E-state index contributed by atoms with van der Waals surface area (Å²) in [6.45, 7) is 2.39. The van der Waals surface area contributed by atoms with E-state index in [-0.39, 0.29) is 29.2 Å². The summed E-state index contributed by atoms with van der Waals surface area (Å²) < 4.78 is 0. The largest absolute Gasteiger partial charge is 3.00 e. The van der Waals surface area contributed by atoms with Crippen LogP contribution in [0, 0.1) is 0 Å². The number of carboxylic acids is 2. The van der Waals surface area contributed by atoms with Gasteiger partial charge in [-0.15, -0.1) is 0 Å². The van der Waals surface area contributed by atoms with Crippen molar-refractivity contribution in [2.45, 2.75) is 0 Å². The molecule has 0 aromatic carbocycles. The molecule has 0 rings (SSSR count). The van der Waals surface area contributed by atoms with E-state index in [4.69, 9.17) is 42.7 Å². The first kappa shape index (κ1) is 29.6. The first-order valence-electron chi connectivity index (χ1n) is 3.70. The fourth-order valence-corrected chi connectivity index (χ4v) is 0. The van der Waals surface area contributed by atoms with Crippen molar-refractivity contribution >= 4 is 11.9 Å². The molecule has 0 fully saturated rings. The average Bonchev–Trinajstić information content (AvgIpc) is 2.18. The van der Waals surface area contributed by atoms with Crippen LogP contribution >= 0.6 is 0 Å². The Hall–Kier alpha value is -0.424. The van der Waals surface area contributed by atoms with Crippen molar-refractivity contribution < 1.29 is 49.0 Å². The molecule has 0 aromatic rings. The van der Waals surface area contributed by atoms with Crippen molar-refractivity contribution in [2.24, 2.45) is 22.9 Å². The van der Waals surface area contributed by atoms with Crippen LogP contribution in [-0.2, 0) is 26.4 Å². The predicted molar refractivity (Wildman–Crippen MR) is 46.2 cm³/mol. The van der Waals surface area contributed by atoms with Crippen molar-refractivity contribution in [2.75, 3.05) is 26.2 Å². The van der Waals surface area contributed by atoms with Gasteiger partial charge in [-0.25, -0.2) is 0 Å². The fourth-order valence-electron chi connectivity index (χ4n) is 0. The number of carboxylic acid groups (broad SMARTS) is 2. The average molecular weight is 303 g/mol. The number of hydrogen-bond acceptors (Lipinski definition) is 8. The molecule has 10 heteroatoms. The molecule has 16 heavy (non-hydrogen) atoms. The van der Waals surface area contributed by atoms with Crippen LogP contribution < -0.4 is 45.6 Å². The summed E-state index contributed by atoms with van der Waals surface area (Å²) in [7, 11) is 0. The number of hydrogen-bond donors (Lipinski definition) is 4. The maximum absolute atomic E-state index is 8.93. The van der Waals surface area contributed by atoms with Crippen LogP contribution in [-0.4, -0.2) is 38.1 Å². The standard InChI is InChI=1S/2C2H8N2.C2H2O4.ClH.Co/c2*3-1-2-4;3-1(4)2(5)6;;/h2*1-4H2;(H,3,4)(H,5,6);1H;/q;;;;+3/p-3. The van der Waals surface area contributed by atoms with Gasteiger partial charge in [0.25, 0.3) is 0 Å². The molecule has 0 aliphatic carbocycles. The zero-order valence-electron chi connectivity index (χ0n) is 8.48. The number of halogens is 1. The third-order valence-corrected chi connectivity index (χ3v) is 0.500. The van der Waals surface area contributed by atoms with E-state index in [2.05, 4.69) is 0 Å². The molecule has 0 unspecified atom stereocenters. The number of carbonyl (C=O) groups excluding carboxylic acids is 2. The van der Waals surface area contributed by atoms with Gasteiger partial charge >= 0.3 is 16.8 Å². The summed E-state index contributed by atoms with van der Waals surface area (Å²) in [6, 6.07) is 0. The van der Waals surface area contributed by atoms with Crippen LogP contribution in [0.5, 0.6) is 0 Å². The SMILES string of the molecule is NCCN.NCCN.O=C([O-])C(=O)[O-].[Cl-].[Co+3]. The van der Waals surface area contributed by atoms with E-state index < -0.39 is 11.9 Å². The Morgan fingerprint density at radius 2 is 0.875 bits per heavy atom. The van der Waals surface area contributed by atoms with Gasteiger partial charge in [0, 0.05) is 26.2 Å². The summed E-state index contributed by atoms with van der Waals surface area (Å²) in [5, 5.41) is 17.9. The van der Waals surface area contributed by atoms with Crippen molar-refractivity contribution in [1.29, 1.82) is 0 Å². The predicted octanol–water partition coefficient (Wildman–Crippen LogP) is -8.70. The summed E-state index contributed by atoms with van der Waals surface area (Å²) in [4.78, 5) is 17.9. The van der Waals surface area contributed by atoms with E-state index in [0.29, 0.717) is 26.2 Å². The molecule has 0 saturated heterocycles. The molecule has 8 N–H and O–H groups in total. The molecule has 0 aromatic heterocycles. The Balaban J connectivity index is -0.0000000367. The molecule has 0 radical (unpaired) electrons. The van der Waals surface area contributed by atoms with Gasteiger partial charge in [-0.05, 0) is 0 Å². The van der Waals surface area contributed by atoms with Crippen molar-refractivity contribution in [3.8, 4) is 0 Å². The van der Waals surface area contributed by atoms with Crippen LogP contribution in [0.15, 0.2) is 0 Å². The monoisotopic (exact) mass is 302 g/mol. The summed E-state index contributed by atoms with van der Waals surface area (Å²) in [6.07, 6.45) is 0. The van der Waals surface area contributed by atoms with Gasteiger partial charge in [0.2, 0.25) is 0 Å². The molecule has 0 amide bonds. The minimum absolute atomic E-state index is 0. The minimum Gasteiger partial charge on any atom is -1.00 e. The van der Waals surface area contributed by atoms with E-state index in [0.717, 1.165) is 0 Å². The van der Waals surface area contributed by atoms with Crippen LogP contribution in [0.4, 0.5) is 0 Å². The number of aliphatic carboxylic acids is 2. The second-order valence-corrected chi connectivity index (χ2v) is 1.73. The normalized spacial score (nSPS) is 6.50. The molecular weight excluding hydrogens is 286 g/mol. The second-order valence-electron chi connectivity index (χ2n) is 1.73. The molecule has 0 bridgehead atoms. The zero-order chi connectivity index (χ0) is 12.0. The molecule has 0 aliphatic rings. The van der Waals surface area contributed by atoms with Gasteiger partial charge in [0.15, 0.2) is 0 Å². The number of rotatable bonds is 2. The van der Waals surface area contributed by atoms with E-state index >= 15 is 0 Å². The first-order valence-corrected chi connectivity index (χ1v) is 3.70. The summed E-state index contributed by atoms with van der Waals surface area (Å²) in [5.41, 5.74) is 19.6. The van der Waals surface area contributed by atoms with Gasteiger partial charge in [-0.1, -0.05) is 0 Å². The van der Waals surface area contributed by atoms with E-state index in [1.807, 2.05) is 0 Å². The topological polar surface area (TPSA) is 184 Å². The Morgan fingerprint density at radius 3 is 0.875 bits per heavy atom. The van der Waals surface area contributed by atoms with E-state index in [1.165, 1.54) is 0 Å². The molecule has 8 nitrogen and oxygen atoms in total. The minimum atomic E-state index is -2.19. The molecular formula is C6H16ClCoN4O4. The second kappa shape index (κ2) is 29.3. The summed E-state index contributed by atoms with van der Waals surface area (Å²) in [5.74, 6) is -4.37. The van der Waals surface area contributed by atoms with Crippen molar-refractivity contribution in [3.05, 3.63) is 0 Å². The maximum atomic E-state index is 8.93. The Labute approximate surface area is 110 Å².